The number of aryl methyl sites for hydroxylation is 2. The number of amides is 1. The van der Waals surface area contributed by atoms with E-state index in [0.29, 0.717) is 16.8 Å². The highest BCUT2D eigenvalue weighted by Crippen LogP contribution is 2.18. The van der Waals surface area contributed by atoms with Crippen molar-refractivity contribution in [3.05, 3.63) is 83.2 Å². The highest BCUT2D eigenvalue weighted by molar-refractivity contribution is 5.96. The van der Waals surface area contributed by atoms with Gasteiger partial charge < -0.3 is 19.4 Å². The Bertz CT molecular complexity index is 1080. The molecule has 1 heterocycles. The van der Waals surface area contributed by atoms with E-state index in [2.05, 4.69) is 5.32 Å². The molecule has 160 valence electrons. The van der Waals surface area contributed by atoms with E-state index in [0.717, 1.165) is 17.1 Å². The second-order valence-corrected chi connectivity index (χ2v) is 6.92. The molecule has 0 bridgehead atoms. The average Bonchev–Trinajstić information content (AvgIpc) is 3.10. The number of esters is 2. The fraction of sp³-hybridized carbons (Fsp3) is 0.208. The first-order chi connectivity index (χ1) is 14.9. The van der Waals surface area contributed by atoms with Crippen molar-refractivity contribution >= 4 is 23.5 Å². The van der Waals surface area contributed by atoms with Gasteiger partial charge in [-0.05, 0) is 75.4 Å². The molecule has 3 rings (SSSR count). The van der Waals surface area contributed by atoms with Crippen LogP contribution in [0.2, 0.25) is 0 Å². The van der Waals surface area contributed by atoms with Crippen LogP contribution in [0.4, 0.5) is 5.69 Å². The van der Waals surface area contributed by atoms with Crippen molar-refractivity contribution in [2.24, 2.45) is 0 Å². The Labute approximate surface area is 180 Å². The Morgan fingerprint density at radius 1 is 0.839 bits per heavy atom. The maximum Gasteiger partial charge on any atom is 0.338 e. The van der Waals surface area contributed by atoms with Crippen LogP contribution in [0, 0.1) is 13.8 Å². The molecule has 0 spiro atoms. The highest BCUT2D eigenvalue weighted by Gasteiger charge is 2.13. The lowest BCUT2D eigenvalue weighted by molar-refractivity contribution is -0.119. The second kappa shape index (κ2) is 9.75. The number of carbonyl (C=O) groups excluding carboxylic acids is 3. The number of ether oxygens (including phenoxy) is 2. The van der Waals surface area contributed by atoms with Crippen LogP contribution in [-0.4, -0.2) is 35.6 Å². The lowest BCUT2D eigenvalue weighted by atomic mass is 10.2. The van der Waals surface area contributed by atoms with Gasteiger partial charge in [0.15, 0.2) is 6.61 Å². The molecule has 31 heavy (non-hydrogen) atoms. The summed E-state index contributed by atoms with van der Waals surface area (Å²) < 4.78 is 12.1. The predicted octanol–water partition coefficient (Wildman–Crippen LogP) is 4.07. The molecule has 0 unspecified atom stereocenters. The van der Waals surface area contributed by atoms with E-state index >= 15 is 0 Å². The summed E-state index contributed by atoms with van der Waals surface area (Å²) in [5, 5.41) is 2.62. The summed E-state index contributed by atoms with van der Waals surface area (Å²) in [5.41, 5.74) is 4.18. The third-order valence-corrected chi connectivity index (χ3v) is 4.63. The van der Waals surface area contributed by atoms with E-state index in [-0.39, 0.29) is 6.61 Å². The van der Waals surface area contributed by atoms with Crippen molar-refractivity contribution in [3.63, 3.8) is 0 Å². The Kier molecular flexibility index (Phi) is 6.87. The highest BCUT2D eigenvalue weighted by atomic mass is 16.5. The van der Waals surface area contributed by atoms with Crippen molar-refractivity contribution in [2.75, 3.05) is 18.5 Å². The van der Waals surface area contributed by atoms with Gasteiger partial charge in [0, 0.05) is 22.8 Å². The maximum absolute atomic E-state index is 12.4. The summed E-state index contributed by atoms with van der Waals surface area (Å²) in [4.78, 5) is 36.2. The van der Waals surface area contributed by atoms with Crippen LogP contribution in [0.5, 0.6) is 0 Å². The van der Waals surface area contributed by atoms with Crippen LogP contribution in [0.3, 0.4) is 0 Å². The third-order valence-electron chi connectivity index (χ3n) is 4.63. The van der Waals surface area contributed by atoms with Gasteiger partial charge in [-0.25, -0.2) is 9.59 Å². The summed E-state index contributed by atoms with van der Waals surface area (Å²) in [7, 11) is 0. The van der Waals surface area contributed by atoms with Crippen molar-refractivity contribution in [3.8, 4) is 5.69 Å². The predicted molar refractivity (Wildman–Crippen MR) is 117 cm³/mol. The number of hydrogen-bond acceptors (Lipinski definition) is 5. The quantitative estimate of drug-likeness (QED) is 0.583. The number of rotatable bonds is 7. The zero-order valence-electron chi connectivity index (χ0n) is 17.7. The molecule has 1 aromatic heterocycles. The zero-order chi connectivity index (χ0) is 22.4. The van der Waals surface area contributed by atoms with Gasteiger partial charge in [-0.2, -0.15) is 0 Å². The van der Waals surface area contributed by atoms with Gasteiger partial charge >= 0.3 is 11.9 Å². The first kappa shape index (κ1) is 21.8. The van der Waals surface area contributed by atoms with Crippen LogP contribution in [-0.2, 0) is 14.3 Å². The van der Waals surface area contributed by atoms with Crippen molar-refractivity contribution in [2.45, 2.75) is 20.8 Å². The number of anilines is 1. The monoisotopic (exact) mass is 420 g/mol. The number of carbonyl (C=O) groups is 3. The van der Waals surface area contributed by atoms with Gasteiger partial charge in [-0.3, -0.25) is 4.79 Å². The molecule has 0 atom stereocenters. The average molecular weight is 420 g/mol. The minimum Gasteiger partial charge on any atom is -0.462 e. The van der Waals surface area contributed by atoms with Gasteiger partial charge in [-0.15, -0.1) is 0 Å². The molecule has 0 fully saturated rings. The van der Waals surface area contributed by atoms with E-state index in [1.807, 2.05) is 36.6 Å². The number of hydrogen-bond donors (Lipinski definition) is 1. The number of nitrogens with one attached hydrogen (secondary N) is 1. The van der Waals surface area contributed by atoms with Gasteiger partial charge in [0.25, 0.3) is 5.91 Å². The summed E-state index contributed by atoms with van der Waals surface area (Å²) in [6.45, 7) is 5.57. The summed E-state index contributed by atoms with van der Waals surface area (Å²) in [6.07, 6.45) is 0. The van der Waals surface area contributed by atoms with Gasteiger partial charge in [0.1, 0.15) is 0 Å². The molecule has 1 amide bonds. The molecule has 0 aliphatic heterocycles. The minimum atomic E-state index is -0.586. The van der Waals surface area contributed by atoms with Crippen LogP contribution in [0.15, 0.2) is 60.7 Å². The number of benzene rings is 2. The van der Waals surface area contributed by atoms with Crippen molar-refractivity contribution in [1.82, 2.24) is 4.57 Å². The Morgan fingerprint density at radius 2 is 1.48 bits per heavy atom. The molecule has 3 aromatic rings. The van der Waals surface area contributed by atoms with E-state index in [9.17, 15) is 14.4 Å². The Morgan fingerprint density at radius 3 is 2.13 bits per heavy atom. The van der Waals surface area contributed by atoms with E-state index in [1.165, 1.54) is 0 Å². The summed E-state index contributed by atoms with van der Waals surface area (Å²) >= 11 is 0. The maximum atomic E-state index is 12.4. The molecule has 7 heteroatoms. The minimum absolute atomic E-state index is 0.288. The SMILES string of the molecule is CCOC(=O)c1ccc(NC(=O)COC(=O)c2cccc(-n3c(C)ccc3C)c2)cc1. The van der Waals surface area contributed by atoms with E-state index in [4.69, 9.17) is 9.47 Å². The molecule has 0 radical (unpaired) electrons. The lowest BCUT2D eigenvalue weighted by Crippen LogP contribution is -2.21. The lowest BCUT2D eigenvalue weighted by Gasteiger charge is -2.11. The molecule has 0 aliphatic rings. The Hall–Kier alpha value is -3.87. The van der Waals surface area contributed by atoms with Crippen molar-refractivity contribution in [1.29, 1.82) is 0 Å². The molecule has 0 saturated carbocycles. The fourth-order valence-corrected chi connectivity index (χ4v) is 3.16. The molecule has 0 saturated heterocycles. The molecule has 2 aromatic carbocycles. The van der Waals surface area contributed by atoms with Gasteiger partial charge in [0.05, 0.1) is 17.7 Å². The number of nitrogens with zero attached hydrogens (tertiary/aromatic N) is 1. The summed E-state index contributed by atoms with van der Waals surface area (Å²) in [6, 6.07) is 17.3. The van der Waals surface area contributed by atoms with Gasteiger partial charge in [0.2, 0.25) is 0 Å². The molecule has 1 N–H and O–H groups in total. The van der Waals surface area contributed by atoms with Crippen molar-refractivity contribution < 1.29 is 23.9 Å². The van der Waals surface area contributed by atoms with Crippen LogP contribution in [0.25, 0.3) is 5.69 Å². The Balaban J connectivity index is 1.58. The normalized spacial score (nSPS) is 10.4. The molecular formula is C24H24N2O5. The first-order valence-electron chi connectivity index (χ1n) is 9.88. The zero-order valence-corrected chi connectivity index (χ0v) is 17.7. The molecular weight excluding hydrogens is 396 g/mol. The van der Waals surface area contributed by atoms with E-state index in [1.54, 1.807) is 49.4 Å². The van der Waals surface area contributed by atoms with Crippen LogP contribution < -0.4 is 5.32 Å². The van der Waals surface area contributed by atoms with E-state index < -0.39 is 24.5 Å². The molecule has 0 aliphatic carbocycles. The second-order valence-electron chi connectivity index (χ2n) is 6.92. The summed E-state index contributed by atoms with van der Waals surface area (Å²) in [5.74, 6) is -1.50. The largest absolute Gasteiger partial charge is 0.462 e. The number of aromatic nitrogens is 1. The molecule has 7 nitrogen and oxygen atoms in total. The fourth-order valence-electron chi connectivity index (χ4n) is 3.16. The van der Waals surface area contributed by atoms with Crippen LogP contribution in [0.1, 0.15) is 39.0 Å². The van der Waals surface area contributed by atoms with Crippen LogP contribution >= 0.6 is 0 Å². The first-order valence-corrected chi connectivity index (χ1v) is 9.88. The smallest absolute Gasteiger partial charge is 0.338 e. The van der Waals surface area contributed by atoms with Gasteiger partial charge in [-0.1, -0.05) is 6.07 Å². The topological polar surface area (TPSA) is 86.6 Å². The third kappa shape index (κ3) is 5.39. The standard InChI is InChI=1S/C24H24N2O5/c1-4-30-23(28)18-10-12-20(13-11-18)25-22(27)15-31-24(29)19-6-5-7-21(14-19)26-16(2)8-9-17(26)3/h5-14H,4,15H2,1-3H3,(H,25,27).